The highest BCUT2D eigenvalue weighted by molar-refractivity contribution is 6.31. The minimum atomic E-state index is -1.84. The lowest BCUT2D eigenvalue weighted by Gasteiger charge is -2.37. The standard InChI is InChI=1S/C41H46Cl2F2N4O8/c1-22(47-38(53)57-40(5,6)7)36(51)55-16-17-56-37(52)23-12-15-29(30(18-23)54-8)48-35(50)34-32(25-10-9-11-27(43)33(25)45)41(21-46,31(49-34)20-39(2,3)4)26-14-13-24(42)19-28(26)44/h9-15,18-19,22,31-32,34,49H,16-17,20H2,1-8H3,(H,47,53)(H,48,50)/t22-,31-,32-,34+,41-/m0/s1. The lowest BCUT2D eigenvalue weighted by Crippen LogP contribution is -2.45. The van der Waals surface area contributed by atoms with Crippen molar-refractivity contribution in [1.82, 2.24) is 10.6 Å². The number of rotatable bonds is 12. The number of hydrogen-bond donors (Lipinski definition) is 3. The number of hydrogen-bond acceptors (Lipinski definition) is 10. The third kappa shape index (κ3) is 10.7. The van der Waals surface area contributed by atoms with E-state index in [1.807, 2.05) is 20.8 Å². The monoisotopic (exact) mass is 830 g/mol. The molecule has 1 aliphatic rings. The zero-order valence-electron chi connectivity index (χ0n) is 32.9. The molecule has 1 heterocycles. The summed E-state index contributed by atoms with van der Waals surface area (Å²) in [6.45, 7) is 11.6. The van der Waals surface area contributed by atoms with Crippen molar-refractivity contribution in [3.05, 3.63) is 93.0 Å². The predicted molar refractivity (Wildman–Crippen MR) is 209 cm³/mol. The van der Waals surface area contributed by atoms with Crippen molar-refractivity contribution in [1.29, 1.82) is 5.26 Å². The number of carbonyl (C=O) groups is 4. The average Bonchev–Trinajstić information content (AvgIpc) is 3.43. The number of nitriles is 1. The molecule has 0 unspecified atom stereocenters. The number of nitrogens with zero attached hydrogens (tertiary/aromatic N) is 1. The van der Waals surface area contributed by atoms with E-state index in [2.05, 4.69) is 22.0 Å². The Bertz CT molecular complexity index is 2050. The summed E-state index contributed by atoms with van der Waals surface area (Å²) in [6.07, 6.45) is -0.526. The second kappa shape index (κ2) is 18.1. The van der Waals surface area contributed by atoms with Crippen LogP contribution in [0.15, 0.2) is 54.6 Å². The lowest BCUT2D eigenvalue weighted by atomic mass is 9.62. The largest absolute Gasteiger partial charge is 0.495 e. The van der Waals surface area contributed by atoms with Crippen LogP contribution < -0.4 is 20.7 Å². The van der Waals surface area contributed by atoms with E-state index in [0.717, 1.165) is 6.07 Å². The Morgan fingerprint density at radius 2 is 1.67 bits per heavy atom. The Kier molecular flexibility index (Phi) is 14.2. The molecule has 1 fully saturated rings. The number of halogens is 4. The molecule has 1 aliphatic heterocycles. The third-order valence-electron chi connectivity index (χ3n) is 9.07. The summed E-state index contributed by atoms with van der Waals surface area (Å²) in [5.74, 6) is -5.21. The highest BCUT2D eigenvalue weighted by Crippen LogP contribution is 2.53. The molecular formula is C41H46Cl2F2N4O8. The molecule has 57 heavy (non-hydrogen) atoms. The molecule has 3 N–H and O–H groups in total. The number of nitrogens with one attached hydrogen (secondary N) is 3. The SMILES string of the molecule is COc1cc(C(=O)OCCOC(=O)[C@H](C)NC(=O)OC(C)(C)C)ccc1NC(=O)[C@@H]1N[C@@H](CC(C)(C)C)[C@](C#N)(c2ccc(Cl)cc2F)[C@H]1c1cccc(Cl)c1F. The minimum absolute atomic E-state index is 0.0287. The Balaban J connectivity index is 1.58. The van der Waals surface area contributed by atoms with Crippen molar-refractivity contribution < 1.29 is 46.9 Å². The quantitative estimate of drug-likeness (QED) is 0.0930. The van der Waals surface area contributed by atoms with Crippen LogP contribution in [-0.2, 0) is 29.2 Å². The number of carbonyl (C=O) groups excluding carboxylic acids is 4. The molecule has 0 spiro atoms. The summed E-state index contributed by atoms with van der Waals surface area (Å²) in [5, 5.41) is 19.3. The predicted octanol–water partition coefficient (Wildman–Crippen LogP) is 7.85. The normalized spacial score (nSPS) is 19.8. The topological polar surface area (TPSA) is 165 Å². The fourth-order valence-electron chi connectivity index (χ4n) is 6.72. The number of ether oxygens (including phenoxy) is 4. The van der Waals surface area contributed by atoms with Crippen LogP contribution in [-0.4, -0.2) is 68.0 Å². The van der Waals surface area contributed by atoms with Gasteiger partial charge in [-0.25, -0.2) is 23.2 Å². The maximum atomic E-state index is 16.0. The van der Waals surface area contributed by atoms with E-state index in [-0.39, 0.29) is 57.8 Å². The molecule has 4 rings (SSSR count). The van der Waals surface area contributed by atoms with Crippen molar-refractivity contribution in [2.24, 2.45) is 5.41 Å². The zero-order valence-corrected chi connectivity index (χ0v) is 34.4. The Labute approximate surface area is 340 Å². The van der Waals surface area contributed by atoms with Gasteiger partial charge in [0, 0.05) is 22.5 Å². The molecule has 0 aromatic heterocycles. The van der Waals surface area contributed by atoms with E-state index in [4.69, 9.17) is 42.1 Å². The summed E-state index contributed by atoms with van der Waals surface area (Å²) >= 11 is 12.4. The molecule has 5 atom stereocenters. The van der Waals surface area contributed by atoms with E-state index in [1.54, 1.807) is 20.8 Å². The van der Waals surface area contributed by atoms with Crippen molar-refractivity contribution in [2.75, 3.05) is 25.6 Å². The summed E-state index contributed by atoms with van der Waals surface area (Å²) in [7, 11) is 1.31. The van der Waals surface area contributed by atoms with Gasteiger partial charge in [-0.3, -0.25) is 4.79 Å². The fraction of sp³-hybridized carbons (Fsp3) is 0.439. The van der Waals surface area contributed by atoms with E-state index in [1.165, 1.54) is 62.6 Å². The molecule has 16 heteroatoms. The van der Waals surface area contributed by atoms with Crippen molar-refractivity contribution in [3.8, 4) is 11.8 Å². The van der Waals surface area contributed by atoms with Gasteiger partial charge in [-0.1, -0.05) is 62.2 Å². The molecule has 0 bridgehead atoms. The summed E-state index contributed by atoms with van der Waals surface area (Å²) in [4.78, 5) is 51.5. The molecule has 2 amide bonds. The Morgan fingerprint density at radius 3 is 2.28 bits per heavy atom. The molecule has 3 aromatic carbocycles. The first kappa shape index (κ1) is 44.7. The van der Waals surface area contributed by atoms with Crippen LogP contribution in [0.25, 0.3) is 0 Å². The third-order valence-corrected chi connectivity index (χ3v) is 9.60. The summed E-state index contributed by atoms with van der Waals surface area (Å²) in [5.41, 5.74) is -3.05. The van der Waals surface area contributed by atoms with Crippen LogP contribution in [0.5, 0.6) is 5.75 Å². The first-order chi connectivity index (χ1) is 26.6. The molecule has 1 saturated heterocycles. The second-order valence-electron chi connectivity index (χ2n) is 15.8. The highest BCUT2D eigenvalue weighted by atomic mass is 35.5. The first-order valence-corrected chi connectivity index (χ1v) is 18.8. The number of amides is 2. The van der Waals surface area contributed by atoms with Gasteiger partial charge < -0.3 is 34.9 Å². The van der Waals surface area contributed by atoms with Gasteiger partial charge in [-0.15, -0.1) is 0 Å². The van der Waals surface area contributed by atoms with Gasteiger partial charge in [0.1, 0.15) is 47.7 Å². The number of benzene rings is 3. The fourth-order valence-corrected chi connectivity index (χ4v) is 7.06. The van der Waals surface area contributed by atoms with E-state index >= 15 is 8.78 Å². The van der Waals surface area contributed by atoms with Crippen LogP contribution in [0.2, 0.25) is 10.0 Å². The highest BCUT2D eigenvalue weighted by Gasteiger charge is 2.61. The van der Waals surface area contributed by atoms with Gasteiger partial charge in [0.25, 0.3) is 0 Å². The molecule has 3 aromatic rings. The lowest BCUT2D eigenvalue weighted by molar-refractivity contribution is -0.146. The number of esters is 2. The zero-order chi connectivity index (χ0) is 42.5. The van der Waals surface area contributed by atoms with Gasteiger partial charge in [0.05, 0.1) is 35.5 Å². The van der Waals surface area contributed by atoms with Gasteiger partial charge >= 0.3 is 18.0 Å². The summed E-state index contributed by atoms with van der Waals surface area (Å²) < 4.78 is 52.9. The van der Waals surface area contributed by atoms with Gasteiger partial charge in [-0.05, 0) is 81.5 Å². The Morgan fingerprint density at radius 1 is 0.982 bits per heavy atom. The van der Waals surface area contributed by atoms with Crippen LogP contribution in [0.1, 0.15) is 82.3 Å². The second-order valence-corrected chi connectivity index (χ2v) is 16.6. The molecule has 306 valence electrons. The van der Waals surface area contributed by atoms with Crippen LogP contribution in [0, 0.1) is 28.4 Å². The maximum Gasteiger partial charge on any atom is 0.408 e. The molecule has 0 radical (unpaired) electrons. The van der Waals surface area contributed by atoms with E-state index in [0.29, 0.717) is 0 Å². The van der Waals surface area contributed by atoms with Crippen LogP contribution >= 0.6 is 23.2 Å². The van der Waals surface area contributed by atoms with Crippen molar-refractivity contribution in [2.45, 2.75) is 89.9 Å². The summed E-state index contributed by atoms with van der Waals surface area (Å²) in [6, 6.07) is 11.3. The maximum absolute atomic E-state index is 16.0. The average molecular weight is 832 g/mol. The van der Waals surface area contributed by atoms with Crippen LogP contribution in [0.3, 0.4) is 0 Å². The van der Waals surface area contributed by atoms with Crippen molar-refractivity contribution in [3.63, 3.8) is 0 Å². The Hall–Kier alpha value is -4.97. The number of methoxy groups -OCH3 is 1. The number of alkyl carbamates (subject to hydrolysis) is 1. The molecule has 12 nitrogen and oxygen atoms in total. The molecule has 0 aliphatic carbocycles. The van der Waals surface area contributed by atoms with Crippen LogP contribution in [0.4, 0.5) is 19.3 Å². The van der Waals surface area contributed by atoms with E-state index in [9.17, 15) is 24.4 Å². The van der Waals surface area contributed by atoms with E-state index < -0.39 is 76.0 Å². The van der Waals surface area contributed by atoms with Gasteiger partial charge in [-0.2, -0.15) is 5.26 Å². The smallest absolute Gasteiger partial charge is 0.408 e. The first-order valence-electron chi connectivity index (χ1n) is 18.0. The van der Waals surface area contributed by atoms with Gasteiger partial charge in [0.15, 0.2) is 0 Å². The minimum Gasteiger partial charge on any atom is -0.495 e. The molecular weight excluding hydrogens is 785 g/mol. The van der Waals surface area contributed by atoms with Crippen molar-refractivity contribution >= 4 is 52.8 Å². The number of anilines is 1. The van der Waals surface area contributed by atoms with Gasteiger partial charge in [0.2, 0.25) is 5.91 Å². The molecule has 0 saturated carbocycles.